The van der Waals surface area contributed by atoms with Crippen molar-refractivity contribution >= 4 is 0 Å². The highest BCUT2D eigenvalue weighted by atomic mass is 16.5. The minimum absolute atomic E-state index is 0.0303. The summed E-state index contributed by atoms with van der Waals surface area (Å²) in [5, 5.41) is 9.90. The molecule has 1 fully saturated rings. The summed E-state index contributed by atoms with van der Waals surface area (Å²) in [7, 11) is 0. The number of rotatable bonds is 3. The summed E-state index contributed by atoms with van der Waals surface area (Å²) in [5.41, 5.74) is 1.32. The molecule has 0 saturated carbocycles. The molecule has 0 radical (unpaired) electrons. The van der Waals surface area contributed by atoms with Crippen LogP contribution in [0.1, 0.15) is 31.2 Å². The molecule has 0 bridgehead atoms. The Bertz CT molecular complexity index is 297. The zero-order chi connectivity index (χ0) is 11.2. The molecule has 0 spiro atoms. The lowest BCUT2D eigenvalue weighted by Crippen LogP contribution is -2.27. The van der Waals surface area contributed by atoms with Crippen molar-refractivity contribution < 1.29 is 9.84 Å². The van der Waals surface area contributed by atoms with Crippen LogP contribution >= 0.6 is 0 Å². The molecule has 0 unspecified atom stereocenters. The molecule has 1 heterocycles. The van der Waals surface area contributed by atoms with Crippen LogP contribution in [0.25, 0.3) is 0 Å². The van der Waals surface area contributed by atoms with E-state index < -0.39 is 0 Å². The van der Waals surface area contributed by atoms with Gasteiger partial charge in [0.15, 0.2) is 0 Å². The minimum atomic E-state index is -0.272. The standard InChI is InChI=1S/C14H20O2/c15-13-8-4-5-11-16-14(13)10-9-12-6-2-1-3-7-12/h1-3,6-7,13-15H,4-5,8-11H2/t13-,14-/m1/s1. The maximum atomic E-state index is 9.90. The van der Waals surface area contributed by atoms with E-state index in [1.165, 1.54) is 5.56 Å². The van der Waals surface area contributed by atoms with Gasteiger partial charge in [-0.15, -0.1) is 0 Å². The van der Waals surface area contributed by atoms with Crippen LogP contribution in [0, 0.1) is 0 Å². The number of benzene rings is 1. The second-order valence-electron chi connectivity index (χ2n) is 4.50. The fourth-order valence-electron chi connectivity index (χ4n) is 2.22. The number of hydrogen-bond donors (Lipinski definition) is 1. The van der Waals surface area contributed by atoms with Gasteiger partial charge in [-0.3, -0.25) is 0 Å². The van der Waals surface area contributed by atoms with E-state index in [-0.39, 0.29) is 12.2 Å². The zero-order valence-corrected chi connectivity index (χ0v) is 9.64. The molecule has 1 saturated heterocycles. The second kappa shape index (κ2) is 6.02. The van der Waals surface area contributed by atoms with Crippen LogP contribution < -0.4 is 0 Å². The Morgan fingerprint density at radius 3 is 2.81 bits per heavy atom. The van der Waals surface area contributed by atoms with Gasteiger partial charge in [0.2, 0.25) is 0 Å². The van der Waals surface area contributed by atoms with Crippen LogP contribution in [0.15, 0.2) is 30.3 Å². The first-order valence-electron chi connectivity index (χ1n) is 6.20. The molecular formula is C14H20O2. The molecule has 1 aromatic rings. The Morgan fingerprint density at radius 2 is 2.00 bits per heavy atom. The lowest BCUT2D eigenvalue weighted by Gasteiger charge is -2.20. The van der Waals surface area contributed by atoms with Crippen LogP contribution in [-0.2, 0) is 11.2 Å². The number of aliphatic hydroxyl groups is 1. The zero-order valence-electron chi connectivity index (χ0n) is 9.64. The van der Waals surface area contributed by atoms with Gasteiger partial charge < -0.3 is 9.84 Å². The lowest BCUT2D eigenvalue weighted by molar-refractivity contribution is -0.0290. The predicted molar refractivity (Wildman–Crippen MR) is 64.4 cm³/mol. The van der Waals surface area contributed by atoms with Crippen molar-refractivity contribution in [3.8, 4) is 0 Å². The molecule has 2 heteroatoms. The summed E-state index contributed by atoms with van der Waals surface area (Å²) in [5.74, 6) is 0. The van der Waals surface area contributed by atoms with Gasteiger partial charge in [0.05, 0.1) is 12.2 Å². The quantitative estimate of drug-likeness (QED) is 0.848. The third-order valence-corrected chi connectivity index (χ3v) is 3.22. The maximum Gasteiger partial charge on any atom is 0.0837 e. The molecule has 1 aliphatic heterocycles. The Balaban J connectivity index is 1.84. The van der Waals surface area contributed by atoms with E-state index in [0.29, 0.717) is 0 Å². The molecule has 0 aliphatic carbocycles. The first-order chi connectivity index (χ1) is 7.86. The van der Waals surface area contributed by atoms with E-state index in [1.54, 1.807) is 0 Å². The van der Waals surface area contributed by atoms with E-state index in [1.807, 2.05) is 6.07 Å². The second-order valence-corrected chi connectivity index (χ2v) is 4.50. The fourth-order valence-corrected chi connectivity index (χ4v) is 2.22. The summed E-state index contributed by atoms with van der Waals surface area (Å²) in [6.07, 6.45) is 4.73. The fraction of sp³-hybridized carbons (Fsp3) is 0.571. The van der Waals surface area contributed by atoms with Gasteiger partial charge in [-0.25, -0.2) is 0 Å². The van der Waals surface area contributed by atoms with E-state index in [0.717, 1.165) is 38.7 Å². The Hall–Kier alpha value is -0.860. The minimum Gasteiger partial charge on any atom is -0.390 e. The van der Waals surface area contributed by atoms with Gasteiger partial charge >= 0.3 is 0 Å². The van der Waals surface area contributed by atoms with E-state index in [2.05, 4.69) is 24.3 Å². The maximum absolute atomic E-state index is 9.90. The smallest absolute Gasteiger partial charge is 0.0837 e. The van der Waals surface area contributed by atoms with Gasteiger partial charge in [0.1, 0.15) is 0 Å². The first-order valence-corrected chi connectivity index (χ1v) is 6.20. The first kappa shape index (κ1) is 11.6. The summed E-state index contributed by atoms with van der Waals surface area (Å²) in [4.78, 5) is 0. The van der Waals surface area contributed by atoms with Gasteiger partial charge in [0.25, 0.3) is 0 Å². The van der Waals surface area contributed by atoms with Gasteiger partial charge in [-0.1, -0.05) is 30.3 Å². The van der Waals surface area contributed by atoms with Crippen LogP contribution in [-0.4, -0.2) is 23.9 Å². The lowest BCUT2D eigenvalue weighted by atomic mass is 10.0. The molecule has 1 aromatic carbocycles. The Labute approximate surface area is 97.3 Å². The molecule has 1 N–H and O–H groups in total. The average molecular weight is 220 g/mol. The summed E-state index contributed by atoms with van der Waals surface area (Å²) < 4.78 is 5.69. The third-order valence-electron chi connectivity index (χ3n) is 3.22. The molecular weight excluding hydrogens is 200 g/mol. The molecule has 0 aromatic heterocycles. The third kappa shape index (κ3) is 3.32. The number of aryl methyl sites for hydroxylation is 1. The number of ether oxygens (including phenoxy) is 1. The van der Waals surface area contributed by atoms with E-state index in [4.69, 9.17) is 4.74 Å². The normalized spacial score (nSPS) is 26.3. The van der Waals surface area contributed by atoms with Crippen molar-refractivity contribution in [1.29, 1.82) is 0 Å². The van der Waals surface area contributed by atoms with Crippen LogP contribution in [0.4, 0.5) is 0 Å². The van der Waals surface area contributed by atoms with Crippen molar-refractivity contribution in [2.45, 2.75) is 44.3 Å². The topological polar surface area (TPSA) is 29.5 Å². The Kier molecular flexibility index (Phi) is 4.37. The molecule has 2 atom stereocenters. The van der Waals surface area contributed by atoms with Crippen molar-refractivity contribution in [3.05, 3.63) is 35.9 Å². The summed E-state index contributed by atoms with van der Waals surface area (Å²) in [6.45, 7) is 0.802. The molecule has 2 rings (SSSR count). The molecule has 88 valence electrons. The van der Waals surface area contributed by atoms with Crippen molar-refractivity contribution in [2.75, 3.05) is 6.61 Å². The van der Waals surface area contributed by atoms with Crippen LogP contribution in [0.5, 0.6) is 0 Å². The Morgan fingerprint density at radius 1 is 1.19 bits per heavy atom. The highest BCUT2D eigenvalue weighted by Gasteiger charge is 2.21. The number of aliphatic hydroxyl groups excluding tert-OH is 1. The van der Waals surface area contributed by atoms with Crippen molar-refractivity contribution in [3.63, 3.8) is 0 Å². The monoisotopic (exact) mass is 220 g/mol. The average Bonchev–Trinajstić information content (AvgIpc) is 2.53. The van der Waals surface area contributed by atoms with E-state index >= 15 is 0 Å². The SMILES string of the molecule is O[C@@H]1CCCCO[C@@H]1CCc1ccccc1. The highest BCUT2D eigenvalue weighted by molar-refractivity contribution is 5.14. The van der Waals surface area contributed by atoms with Gasteiger partial charge in [-0.05, 0) is 37.7 Å². The molecule has 0 amide bonds. The van der Waals surface area contributed by atoms with Crippen molar-refractivity contribution in [1.82, 2.24) is 0 Å². The number of hydrogen-bond acceptors (Lipinski definition) is 2. The molecule has 1 aliphatic rings. The summed E-state index contributed by atoms with van der Waals surface area (Å²) in [6, 6.07) is 10.4. The molecule has 16 heavy (non-hydrogen) atoms. The van der Waals surface area contributed by atoms with Crippen molar-refractivity contribution in [2.24, 2.45) is 0 Å². The highest BCUT2D eigenvalue weighted by Crippen LogP contribution is 2.18. The van der Waals surface area contributed by atoms with E-state index in [9.17, 15) is 5.11 Å². The van der Waals surface area contributed by atoms with Crippen LogP contribution in [0.2, 0.25) is 0 Å². The van der Waals surface area contributed by atoms with Gasteiger partial charge in [0, 0.05) is 6.61 Å². The predicted octanol–water partition coefficient (Wildman–Crippen LogP) is 2.55. The largest absolute Gasteiger partial charge is 0.390 e. The molecule has 2 nitrogen and oxygen atoms in total. The summed E-state index contributed by atoms with van der Waals surface area (Å²) >= 11 is 0. The van der Waals surface area contributed by atoms with Gasteiger partial charge in [-0.2, -0.15) is 0 Å². The van der Waals surface area contributed by atoms with Crippen LogP contribution in [0.3, 0.4) is 0 Å².